The fourth-order valence-corrected chi connectivity index (χ4v) is 1.34. The average molecular weight is 250 g/mol. The van der Waals surface area contributed by atoms with Gasteiger partial charge in [0.05, 0.1) is 0 Å². The number of hydrogen-bond donors (Lipinski definition) is 0. The van der Waals surface area contributed by atoms with Gasteiger partial charge in [-0.25, -0.2) is 4.98 Å². The van der Waals surface area contributed by atoms with Crippen LogP contribution in [0.1, 0.15) is 10.5 Å². The molecule has 0 aromatic carbocycles. The van der Waals surface area contributed by atoms with E-state index in [2.05, 4.69) is 9.97 Å². The predicted molar refractivity (Wildman–Crippen MR) is 46.5 cm³/mol. The molecule has 0 aliphatic carbocycles. The summed E-state index contributed by atoms with van der Waals surface area (Å²) >= 11 is 21.6. The van der Waals surface area contributed by atoms with Gasteiger partial charge >= 0.3 is 0 Å². The third-order valence-corrected chi connectivity index (χ3v) is 1.95. The number of rotatable bonds is 1. The maximum Gasteiger partial charge on any atom is 0.236 e. The molecule has 0 bridgehead atoms. The van der Waals surface area contributed by atoms with Crippen LogP contribution in [0.4, 0.5) is 4.39 Å². The highest BCUT2D eigenvalue weighted by atomic mass is 35.5. The summed E-state index contributed by atoms with van der Waals surface area (Å²) in [4.78, 5) is 5.69. The molecule has 0 spiro atoms. The lowest BCUT2D eigenvalue weighted by atomic mass is 10.4. The average Bonchev–Trinajstić information content (AvgIpc) is 1.96. The van der Waals surface area contributed by atoms with Gasteiger partial charge < -0.3 is 0 Å². The van der Waals surface area contributed by atoms with E-state index in [9.17, 15) is 4.39 Å². The predicted octanol–water partition coefficient (Wildman–Crippen LogP) is 3.40. The Morgan fingerprint density at radius 2 is 1.75 bits per heavy atom. The molecule has 1 aromatic heterocycles. The first-order chi connectivity index (χ1) is 5.52. The van der Waals surface area contributed by atoms with Gasteiger partial charge in [0.15, 0.2) is 4.84 Å². The van der Waals surface area contributed by atoms with E-state index in [0.29, 0.717) is 0 Å². The smallest absolute Gasteiger partial charge is 0.218 e. The number of halogens is 5. The molecular formula is C5HCl4FN2. The number of nitrogens with zero attached hydrogens (tertiary/aromatic N) is 2. The topological polar surface area (TPSA) is 25.8 Å². The van der Waals surface area contributed by atoms with Crippen LogP contribution in [0.3, 0.4) is 0 Å². The SMILES string of the molecule is Fc1nc(Cl)nc(C(Cl)Cl)c1Cl. The van der Waals surface area contributed by atoms with Crippen LogP contribution in [-0.4, -0.2) is 9.97 Å². The Hall–Kier alpha value is 0.170. The molecule has 0 aliphatic rings. The molecule has 0 fully saturated rings. The summed E-state index contributed by atoms with van der Waals surface area (Å²) in [6, 6.07) is 0. The highest BCUT2D eigenvalue weighted by Gasteiger charge is 2.16. The molecule has 0 N–H and O–H groups in total. The van der Waals surface area contributed by atoms with Crippen LogP contribution in [0.5, 0.6) is 0 Å². The fraction of sp³-hybridized carbons (Fsp3) is 0.200. The largest absolute Gasteiger partial charge is 0.236 e. The molecule has 0 saturated carbocycles. The molecule has 0 amide bonds. The Morgan fingerprint density at radius 3 is 2.25 bits per heavy atom. The zero-order valence-corrected chi connectivity index (χ0v) is 8.39. The lowest BCUT2D eigenvalue weighted by Crippen LogP contribution is -1.97. The minimum atomic E-state index is -1.02. The van der Waals surface area contributed by atoms with Gasteiger partial charge in [0.1, 0.15) is 10.7 Å². The van der Waals surface area contributed by atoms with Crippen LogP contribution in [0.2, 0.25) is 10.3 Å². The van der Waals surface area contributed by atoms with E-state index in [0.717, 1.165) is 0 Å². The van der Waals surface area contributed by atoms with Crippen molar-refractivity contribution in [2.24, 2.45) is 0 Å². The van der Waals surface area contributed by atoms with Crippen LogP contribution in [-0.2, 0) is 0 Å². The first-order valence-electron chi connectivity index (χ1n) is 2.69. The van der Waals surface area contributed by atoms with Gasteiger partial charge in [-0.15, -0.1) is 0 Å². The van der Waals surface area contributed by atoms with Gasteiger partial charge in [0.2, 0.25) is 11.2 Å². The Kier molecular flexibility index (Phi) is 3.35. The van der Waals surface area contributed by atoms with E-state index < -0.39 is 10.8 Å². The lowest BCUT2D eigenvalue weighted by molar-refractivity contribution is 0.577. The zero-order chi connectivity index (χ0) is 9.30. The van der Waals surface area contributed by atoms with Gasteiger partial charge in [-0.2, -0.15) is 9.37 Å². The van der Waals surface area contributed by atoms with Crippen molar-refractivity contribution in [1.82, 2.24) is 9.97 Å². The summed E-state index contributed by atoms with van der Waals surface area (Å²) in [5.74, 6) is -0.932. The van der Waals surface area contributed by atoms with E-state index in [-0.39, 0.29) is 16.0 Å². The number of alkyl halides is 2. The molecule has 0 radical (unpaired) electrons. The van der Waals surface area contributed by atoms with Gasteiger partial charge in [0, 0.05) is 0 Å². The summed E-state index contributed by atoms with van der Waals surface area (Å²) in [6.45, 7) is 0. The number of hydrogen-bond acceptors (Lipinski definition) is 2. The molecule has 0 aliphatic heterocycles. The molecule has 12 heavy (non-hydrogen) atoms. The van der Waals surface area contributed by atoms with Crippen molar-refractivity contribution in [1.29, 1.82) is 0 Å². The van der Waals surface area contributed by atoms with Crippen LogP contribution >= 0.6 is 46.4 Å². The molecule has 1 aromatic rings. The van der Waals surface area contributed by atoms with E-state index >= 15 is 0 Å². The van der Waals surface area contributed by atoms with E-state index in [1.165, 1.54) is 0 Å². The summed E-state index contributed by atoms with van der Waals surface area (Å²) < 4.78 is 12.7. The molecule has 0 atom stereocenters. The highest BCUT2D eigenvalue weighted by molar-refractivity contribution is 6.45. The Bertz CT molecular complexity index is 304. The summed E-state index contributed by atoms with van der Waals surface area (Å²) in [5.41, 5.74) is -0.0301. The van der Waals surface area contributed by atoms with Crippen molar-refractivity contribution >= 4 is 46.4 Å². The van der Waals surface area contributed by atoms with Crippen molar-refractivity contribution in [2.75, 3.05) is 0 Å². The standard InChI is InChI=1S/C5HCl4FN2/c6-1-2(3(7)8)11-5(9)12-4(1)10/h3H. The molecule has 1 rings (SSSR count). The number of aromatic nitrogens is 2. The fourth-order valence-electron chi connectivity index (χ4n) is 0.554. The quantitative estimate of drug-likeness (QED) is 0.433. The van der Waals surface area contributed by atoms with Gasteiger partial charge in [-0.05, 0) is 11.6 Å². The summed E-state index contributed by atoms with van der Waals surface area (Å²) in [7, 11) is 0. The van der Waals surface area contributed by atoms with Crippen LogP contribution in [0.15, 0.2) is 0 Å². The van der Waals surface area contributed by atoms with Crippen molar-refractivity contribution in [3.05, 3.63) is 21.9 Å². The molecule has 0 unspecified atom stereocenters. The summed E-state index contributed by atoms with van der Waals surface area (Å²) in [5, 5.41) is -0.590. The van der Waals surface area contributed by atoms with Gasteiger partial charge in [-0.1, -0.05) is 34.8 Å². The van der Waals surface area contributed by atoms with Crippen LogP contribution < -0.4 is 0 Å². The molecular weight excluding hydrogens is 249 g/mol. The molecule has 66 valence electrons. The third kappa shape index (κ3) is 2.10. The second-order valence-corrected chi connectivity index (χ2v) is 3.60. The third-order valence-electron chi connectivity index (χ3n) is 1.02. The second kappa shape index (κ2) is 3.92. The minimum absolute atomic E-state index is 0.0301. The van der Waals surface area contributed by atoms with Gasteiger partial charge in [0.25, 0.3) is 0 Å². The van der Waals surface area contributed by atoms with Crippen molar-refractivity contribution in [3.63, 3.8) is 0 Å². The molecule has 1 heterocycles. The Balaban J connectivity index is 3.28. The van der Waals surface area contributed by atoms with Gasteiger partial charge in [-0.3, -0.25) is 0 Å². The molecule has 7 heteroatoms. The van der Waals surface area contributed by atoms with E-state index in [1.54, 1.807) is 0 Å². The van der Waals surface area contributed by atoms with Crippen molar-refractivity contribution < 1.29 is 4.39 Å². The minimum Gasteiger partial charge on any atom is -0.218 e. The van der Waals surface area contributed by atoms with Crippen LogP contribution in [0, 0.1) is 5.95 Å². The van der Waals surface area contributed by atoms with Crippen molar-refractivity contribution in [3.8, 4) is 0 Å². The lowest BCUT2D eigenvalue weighted by Gasteiger charge is -2.03. The molecule has 0 saturated heterocycles. The summed E-state index contributed by atoms with van der Waals surface area (Å²) in [6.07, 6.45) is 0. The Labute approximate surface area is 87.6 Å². The maximum atomic E-state index is 12.7. The van der Waals surface area contributed by atoms with E-state index in [4.69, 9.17) is 46.4 Å². The normalized spacial score (nSPS) is 10.8. The first kappa shape index (κ1) is 10.3. The second-order valence-electron chi connectivity index (χ2n) is 1.78. The monoisotopic (exact) mass is 248 g/mol. The Morgan fingerprint density at radius 1 is 1.17 bits per heavy atom. The zero-order valence-electron chi connectivity index (χ0n) is 5.36. The maximum absolute atomic E-state index is 12.7. The van der Waals surface area contributed by atoms with E-state index in [1.807, 2.05) is 0 Å². The van der Waals surface area contributed by atoms with Crippen molar-refractivity contribution in [2.45, 2.75) is 4.84 Å². The van der Waals surface area contributed by atoms with Crippen LogP contribution in [0.25, 0.3) is 0 Å². The first-order valence-corrected chi connectivity index (χ1v) is 4.32. The highest BCUT2D eigenvalue weighted by Crippen LogP contribution is 2.30. The molecule has 2 nitrogen and oxygen atoms in total.